The summed E-state index contributed by atoms with van der Waals surface area (Å²) in [5, 5.41) is 12.3. The normalized spacial score (nSPS) is 10.2. The molecule has 0 aliphatic rings. The predicted octanol–water partition coefficient (Wildman–Crippen LogP) is 1.41. The van der Waals surface area contributed by atoms with Gasteiger partial charge in [-0.1, -0.05) is 12.1 Å². The average Bonchev–Trinajstić information content (AvgIpc) is 2.52. The monoisotopic (exact) mass is 317 g/mol. The summed E-state index contributed by atoms with van der Waals surface area (Å²) in [6, 6.07) is 7.13. The van der Waals surface area contributed by atoms with Crippen molar-refractivity contribution in [3.05, 3.63) is 48.0 Å². The van der Waals surface area contributed by atoms with E-state index in [1.165, 1.54) is 35.4 Å². The van der Waals surface area contributed by atoms with Gasteiger partial charge in [-0.25, -0.2) is 9.37 Å². The van der Waals surface area contributed by atoms with Gasteiger partial charge in [-0.3, -0.25) is 9.59 Å². The third-order valence-corrected chi connectivity index (χ3v) is 3.14. The molecule has 0 aliphatic carbocycles. The van der Waals surface area contributed by atoms with Gasteiger partial charge in [0.2, 0.25) is 5.91 Å². The van der Waals surface area contributed by atoms with E-state index in [9.17, 15) is 19.1 Å². The number of aromatic hydroxyl groups is 1. The van der Waals surface area contributed by atoms with Crippen LogP contribution < -0.4 is 5.32 Å². The summed E-state index contributed by atoms with van der Waals surface area (Å²) in [6.07, 6.45) is 1.36. The third kappa shape index (κ3) is 4.03. The van der Waals surface area contributed by atoms with Crippen LogP contribution in [0.25, 0.3) is 11.1 Å². The number of carbonyl (C=O) groups is 2. The Morgan fingerprint density at radius 1 is 1.26 bits per heavy atom. The first kappa shape index (κ1) is 16.4. The molecule has 2 N–H and O–H groups in total. The second kappa shape index (κ2) is 6.87. The number of nitrogens with one attached hydrogen (secondary N) is 1. The van der Waals surface area contributed by atoms with Crippen LogP contribution in [-0.2, 0) is 4.79 Å². The Labute approximate surface area is 132 Å². The second-order valence-corrected chi connectivity index (χ2v) is 5.07. The first-order valence-corrected chi connectivity index (χ1v) is 6.82. The maximum absolute atomic E-state index is 13.2. The molecule has 7 heteroatoms. The smallest absolute Gasteiger partial charge is 0.274 e. The first-order valence-electron chi connectivity index (χ1n) is 6.82. The second-order valence-electron chi connectivity index (χ2n) is 5.07. The minimum Gasteiger partial charge on any atom is -0.505 e. The number of halogens is 1. The zero-order chi connectivity index (χ0) is 17.0. The summed E-state index contributed by atoms with van der Waals surface area (Å²) in [4.78, 5) is 28.6. The molecular formula is C16H16FN3O3. The molecule has 0 radical (unpaired) electrons. The molecule has 120 valence electrons. The molecule has 0 bridgehead atoms. The third-order valence-electron chi connectivity index (χ3n) is 3.14. The molecule has 6 nitrogen and oxygen atoms in total. The highest BCUT2D eigenvalue weighted by atomic mass is 19.1. The van der Waals surface area contributed by atoms with E-state index >= 15 is 0 Å². The number of aromatic nitrogens is 1. The van der Waals surface area contributed by atoms with Gasteiger partial charge in [0.25, 0.3) is 5.91 Å². The van der Waals surface area contributed by atoms with Crippen LogP contribution in [0.5, 0.6) is 5.75 Å². The van der Waals surface area contributed by atoms with Gasteiger partial charge in [-0.15, -0.1) is 0 Å². The van der Waals surface area contributed by atoms with Crippen molar-refractivity contribution in [1.82, 2.24) is 15.2 Å². The van der Waals surface area contributed by atoms with Crippen LogP contribution in [0.3, 0.4) is 0 Å². The number of amides is 2. The average molecular weight is 317 g/mol. The van der Waals surface area contributed by atoms with Crippen LogP contribution in [0.2, 0.25) is 0 Å². The number of benzene rings is 1. The SMILES string of the molecule is CN(C)C(=O)CNC(=O)c1ncc(-c2cccc(F)c2)cc1O. The van der Waals surface area contributed by atoms with Crippen LogP contribution in [-0.4, -0.2) is 47.4 Å². The Balaban J connectivity index is 2.16. The largest absolute Gasteiger partial charge is 0.505 e. The minimum atomic E-state index is -0.663. The van der Waals surface area contributed by atoms with Crippen LogP contribution >= 0.6 is 0 Å². The number of rotatable bonds is 4. The van der Waals surface area contributed by atoms with E-state index in [0.29, 0.717) is 11.1 Å². The van der Waals surface area contributed by atoms with Crippen molar-refractivity contribution in [2.75, 3.05) is 20.6 Å². The quantitative estimate of drug-likeness (QED) is 0.893. The molecule has 0 unspecified atom stereocenters. The lowest BCUT2D eigenvalue weighted by molar-refractivity contribution is -0.127. The van der Waals surface area contributed by atoms with E-state index in [2.05, 4.69) is 10.3 Å². The molecule has 2 aromatic rings. The van der Waals surface area contributed by atoms with Gasteiger partial charge in [0.15, 0.2) is 5.69 Å². The lowest BCUT2D eigenvalue weighted by Gasteiger charge is -2.11. The van der Waals surface area contributed by atoms with Gasteiger partial charge >= 0.3 is 0 Å². The van der Waals surface area contributed by atoms with Gasteiger partial charge in [-0.05, 0) is 23.8 Å². The summed E-state index contributed by atoms with van der Waals surface area (Å²) in [5.74, 6) is -1.70. The summed E-state index contributed by atoms with van der Waals surface area (Å²) >= 11 is 0. The van der Waals surface area contributed by atoms with Crippen LogP contribution in [0, 0.1) is 5.82 Å². The van der Waals surface area contributed by atoms with Gasteiger partial charge in [0, 0.05) is 25.9 Å². The first-order chi connectivity index (χ1) is 10.9. The van der Waals surface area contributed by atoms with Crippen LogP contribution in [0.4, 0.5) is 4.39 Å². The van der Waals surface area contributed by atoms with Crippen molar-refractivity contribution >= 4 is 11.8 Å². The van der Waals surface area contributed by atoms with Crippen molar-refractivity contribution in [3.8, 4) is 16.9 Å². The van der Waals surface area contributed by atoms with E-state index in [1.807, 2.05) is 0 Å². The van der Waals surface area contributed by atoms with Gasteiger partial charge in [0.1, 0.15) is 11.6 Å². The van der Waals surface area contributed by atoms with Gasteiger partial charge in [-0.2, -0.15) is 0 Å². The molecule has 0 saturated carbocycles. The molecule has 1 heterocycles. The van der Waals surface area contributed by atoms with E-state index in [-0.39, 0.29) is 23.9 Å². The summed E-state index contributed by atoms with van der Waals surface area (Å²) < 4.78 is 13.2. The summed E-state index contributed by atoms with van der Waals surface area (Å²) in [6.45, 7) is -0.196. The number of hydrogen-bond acceptors (Lipinski definition) is 4. The van der Waals surface area contributed by atoms with Crippen LogP contribution in [0.15, 0.2) is 36.5 Å². The van der Waals surface area contributed by atoms with E-state index in [1.54, 1.807) is 20.2 Å². The topological polar surface area (TPSA) is 82.5 Å². The standard InChI is InChI=1S/C16H16FN3O3/c1-20(2)14(22)9-19-16(23)15-13(21)7-11(8-18-15)10-4-3-5-12(17)6-10/h3-8,21H,9H2,1-2H3,(H,19,23). The number of hydrogen-bond donors (Lipinski definition) is 2. The number of pyridine rings is 1. The van der Waals surface area contributed by atoms with Crippen molar-refractivity contribution in [3.63, 3.8) is 0 Å². The summed E-state index contributed by atoms with van der Waals surface area (Å²) in [7, 11) is 3.13. The highest BCUT2D eigenvalue weighted by molar-refractivity contribution is 5.97. The molecule has 2 amide bonds. The molecule has 0 fully saturated rings. The van der Waals surface area contributed by atoms with E-state index in [0.717, 1.165) is 0 Å². The van der Waals surface area contributed by atoms with Crippen molar-refractivity contribution < 1.29 is 19.1 Å². The zero-order valence-corrected chi connectivity index (χ0v) is 12.7. The van der Waals surface area contributed by atoms with Crippen molar-refractivity contribution in [2.45, 2.75) is 0 Å². The summed E-state index contributed by atoms with van der Waals surface area (Å²) in [5.41, 5.74) is 0.808. The highest BCUT2D eigenvalue weighted by Crippen LogP contribution is 2.25. The molecular weight excluding hydrogens is 301 g/mol. The van der Waals surface area contributed by atoms with Crippen molar-refractivity contribution in [1.29, 1.82) is 0 Å². The number of likely N-dealkylation sites (N-methyl/N-ethyl adjacent to an activating group) is 1. The predicted molar refractivity (Wildman–Crippen MR) is 82.3 cm³/mol. The van der Waals surface area contributed by atoms with Crippen LogP contribution in [0.1, 0.15) is 10.5 Å². The fraction of sp³-hybridized carbons (Fsp3) is 0.188. The maximum Gasteiger partial charge on any atom is 0.274 e. The fourth-order valence-corrected chi connectivity index (χ4v) is 1.85. The Kier molecular flexibility index (Phi) is 4.90. The van der Waals surface area contributed by atoms with Crippen molar-refractivity contribution in [2.24, 2.45) is 0 Å². The maximum atomic E-state index is 13.2. The molecule has 0 aliphatic heterocycles. The molecule has 1 aromatic heterocycles. The lowest BCUT2D eigenvalue weighted by Crippen LogP contribution is -2.36. The Morgan fingerprint density at radius 2 is 2.00 bits per heavy atom. The zero-order valence-electron chi connectivity index (χ0n) is 12.7. The molecule has 23 heavy (non-hydrogen) atoms. The Hall–Kier alpha value is -2.96. The van der Waals surface area contributed by atoms with Gasteiger partial charge < -0.3 is 15.3 Å². The number of carbonyl (C=O) groups excluding carboxylic acids is 2. The van der Waals surface area contributed by atoms with E-state index < -0.39 is 11.7 Å². The van der Waals surface area contributed by atoms with Gasteiger partial charge in [0.05, 0.1) is 6.54 Å². The molecule has 0 spiro atoms. The highest BCUT2D eigenvalue weighted by Gasteiger charge is 2.15. The molecule has 2 rings (SSSR count). The fourth-order valence-electron chi connectivity index (χ4n) is 1.85. The molecule has 1 aromatic carbocycles. The Morgan fingerprint density at radius 3 is 2.61 bits per heavy atom. The minimum absolute atomic E-state index is 0.196. The molecule has 0 atom stereocenters. The lowest BCUT2D eigenvalue weighted by atomic mass is 10.1. The Bertz CT molecular complexity index is 747. The molecule has 0 saturated heterocycles. The number of nitrogens with zero attached hydrogens (tertiary/aromatic N) is 2. The van der Waals surface area contributed by atoms with E-state index in [4.69, 9.17) is 0 Å².